The molecule has 0 spiro atoms. The minimum absolute atomic E-state index is 0.0319. The first-order valence-corrected chi connectivity index (χ1v) is 6.20. The summed E-state index contributed by atoms with van der Waals surface area (Å²) in [5.41, 5.74) is -1.25. The van der Waals surface area contributed by atoms with Crippen molar-refractivity contribution in [2.24, 2.45) is 0 Å². The average molecular weight is 322 g/mol. The van der Waals surface area contributed by atoms with Crippen LogP contribution in [-0.2, 0) is 12.7 Å². The van der Waals surface area contributed by atoms with Crippen molar-refractivity contribution in [1.82, 2.24) is 0 Å². The van der Waals surface area contributed by atoms with Gasteiger partial charge in [0.15, 0.2) is 0 Å². The molecule has 0 atom stereocenters. The molecule has 0 saturated carbocycles. The maximum atomic E-state index is 13.5. The molecule has 0 aliphatic heterocycles. The predicted molar refractivity (Wildman–Crippen MR) is 70.1 cm³/mol. The van der Waals surface area contributed by atoms with Crippen LogP contribution < -0.4 is 5.32 Å². The molecule has 7 heteroatoms. The summed E-state index contributed by atoms with van der Waals surface area (Å²) in [6.45, 7) is -0.251. The summed E-state index contributed by atoms with van der Waals surface area (Å²) in [4.78, 5) is 0. The zero-order chi connectivity index (χ0) is 15.6. The number of benzene rings is 2. The smallest absolute Gasteiger partial charge is 0.379 e. The molecule has 2 aromatic rings. The fraction of sp³-hybridized carbons (Fsp3) is 0.143. The molecule has 0 saturated heterocycles. The molecule has 2 aromatic carbocycles. The Hall–Kier alpha value is -1.82. The van der Waals surface area contributed by atoms with Crippen LogP contribution in [0.15, 0.2) is 36.4 Å². The molecule has 1 N–H and O–H groups in total. The number of rotatable bonds is 3. The summed E-state index contributed by atoms with van der Waals surface area (Å²) in [6, 6.07) is 6.18. The van der Waals surface area contributed by atoms with Gasteiger partial charge in [0.05, 0.1) is 16.3 Å². The fourth-order valence-electron chi connectivity index (χ4n) is 1.79. The average Bonchev–Trinajstić information content (AvgIpc) is 2.37. The van der Waals surface area contributed by atoms with Crippen molar-refractivity contribution in [3.63, 3.8) is 0 Å². The first-order chi connectivity index (χ1) is 9.79. The molecule has 2 rings (SSSR count). The molecule has 0 aromatic heterocycles. The van der Waals surface area contributed by atoms with Crippen molar-refractivity contribution < 1.29 is 22.0 Å². The van der Waals surface area contributed by atoms with Crippen molar-refractivity contribution in [1.29, 1.82) is 0 Å². The molecule has 0 amide bonds. The number of nitrogens with one attached hydrogen (secondary N) is 1. The van der Waals surface area contributed by atoms with Gasteiger partial charge in [-0.15, -0.1) is 0 Å². The second-order valence-electron chi connectivity index (χ2n) is 4.25. The Kier molecular flexibility index (Phi) is 4.37. The second-order valence-corrected chi connectivity index (χ2v) is 4.66. The normalized spacial score (nSPS) is 11.5. The lowest BCUT2D eigenvalue weighted by molar-refractivity contribution is -0.136. The van der Waals surface area contributed by atoms with Gasteiger partial charge in [0.2, 0.25) is 0 Å². The molecular formula is C14H9ClF5N. The zero-order valence-corrected chi connectivity index (χ0v) is 11.2. The van der Waals surface area contributed by atoms with Crippen LogP contribution in [-0.4, -0.2) is 0 Å². The van der Waals surface area contributed by atoms with Crippen LogP contribution >= 0.6 is 11.6 Å². The Morgan fingerprint density at radius 1 is 1.05 bits per heavy atom. The number of alkyl halides is 3. The van der Waals surface area contributed by atoms with Gasteiger partial charge < -0.3 is 5.32 Å². The van der Waals surface area contributed by atoms with Gasteiger partial charge in [0, 0.05) is 18.2 Å². The van der Waals surface area contributed by atoms with Gasteiger partial charge in [-0.1, -0.05) is 23.7 Å². The molecule has 0 aliphatic rings. The van der Waals surface area contributed by atoms with Crippen molar-refractivity contribution >= 4 is 17.3 Å². The largest absolute Gasteiger partial charge is 0.418 e. The first kappa shape index (κ1) is 15.6. The first-order valence-electron chi connectivity index (χ1n) is 5.82. The van der Waals surface area contributed by atoms with E-state index in [1.54, 1.807) is 0 Å². The highest BCUT2D eigenvalue weighted by atomic mass is 35.5. The number of anilines is 1. The third kappa shape index (κ3) is 3.64. The quantitative estimate of drug-likeness (QED) is 0.761. The summed E-state index contributed by atoms with van der Waals surface area (Å²) in [7, 11) is 0. The van der Waals surface area contributed by atoms with Gasteiger partial charge in [0.1, 0.15) is 11.6 Å². The van der Waals surface area contributed by atoms with Crippen molar-refractivity contribution in [3.05, 3.63) is 64.2 Å². The lowest BCUT2D eigenvalue weighted by Crippen LogP contribution is -2.11. The van der Waals surface area contributed by atoms with E-state index in [0.29, 0.717) is 6.07 Å². The van der Waals surface area contributed by atoms with Gasteiger partial charge in [-0.25, -0.2) is 8.78 Å². The van der Waals surface area contributed by atoms with E-state index in [0.717, 1.165) is 18.2 Å². The second kappa shape index (κ2) is 5.89. The minimum atomic E-state index is -4.59. The maximum Gasteiger partial charge on any atom is 0.418 e. The Morgan fingerprint density at radius 3 is 2.38 bits per heavy atom. The summed E-state index contributed by atoms with van der Waals surface area (Å²) >= 11 is 5.75. The third-order valence-corrected chi connectivity index (χ3v) is 3.10. The highest BCUT2D eigenvalue weighted by molar-refractivity contribution is 6.33. The fourth-order valence-corrected chi connectivity index (χ4v) is 2.03. The third-order valence-electron chi connectivity index (χ3n) is 2.79. The molecule has 0 aliphatic carbocycles. The zero-order valence-electron chi connectivity index (χ0n) is 10.4. The van der Waals surface area contributed by atoms with E-state index >= 15 is 0 Å². The van der Waals surface area contributed by atoms with E-state index in [4.69, 9.17) is 11.6 Å². The maximum absolute atomic E-state index is 13.5. The molecule has 112 valence electrons. The van der Waals surface area contributed by atoms with E-state index in [1.165, 1.54) is 12.1 Å². The predicted octanol–water partition coefficient (Wildman–Crippen LogP) is 5.25. The molecule has 0 bridgehead atoms. The Bertz CT molecular complexity index is 654. The summed E-state index contributed by atoms with van der Waals surface area (Å²) in [5.74, 6) is -1.60. The molecule has 0 fully saturated rings. The molecular weight excluding hydrogens is 313 g/mol. The Labute approximate surface area is 122 Å². The highest BCUT2D eigenvalue weighted by Crippen LogP contribution is 2.38. The van der Waals surface area contributed by atoms with E-state index in [9.17, 15) is 22.0 Å². The van der Waals surface area contributed by atoms with Crippen LogP contribution in [0, 0.1) is 11.6 Å². The van der Waals surface area contributed by atoms with Gasteiger partial charge >= 0.3 is 6.18 Å². The van der Waals surface area contributed by atoms with E-state index < -0.39 is 23.4 Å². The number of hydrogen-bond donors (Lipinski definition) is 1. The van der Waals surface area contributed by atoms with Crippen LogP contribution in [0.1, 0.15) is 11.1 Å². The van der Waals surface area contributed by atoms with Gasteiger partial charge in [-0.3, -0.25) is 0 Å². The van der Waals surface area contributed by atoms with Crippen LogP contribution in [0.5, 0.6) is 0 Å². The molecule has 0 unspecified atom stereocenters. The van der Waals surface area contributed by atoms with Crippen LogP contribution in [0.4, 0.5) is 27.6 Å². The summed E-state index contributed by atoms with van der Waals surface area (Å²) < 4.78 is 64.8. The highest BCUT2D eigenvalue weighted by Gasteiger charge is 2.34. The van der Waals surface area contributed by atoms with Crippen molar-refractivity contribution in [2.45, 2.75) is 12.7 Å². The summed E-state index contributed by atoms with van der Waals surface area (Å²) in [6.07, 6.45) is -4.59. The van der Waals surface area contributed by atoms with Crippen molar-refractivity contribution in [2.75, 3.05) is 5.32 Å². The van der Waals surface area contributed by atoms with E-state index in [-0.39, 0.29) is 22.8 Å². The number of para-hydroxylation sites is 1. The Balaban J connectivity index is 2.28. The molecule has 0 radical (unpaired) electrons. The number of hydrogen-bond acceptors (Lipinski definition) is 1. The van der Waals surface area contributed by atoms with Crippen LogP contribution in [0.3, 0.4) is 0 Å². The lowest BCUT2D eigenvalue weighted by Gasteiger charge is -2.16. The standard InChI is InChI=1S/C14H9ClF5N/c15-11-3-1-2-10(14(18,19)20)13(11)21-7-8-4-5-9(16)6-12(8)17/h1-6,21H,7H2. The lowest BCUT2D eigenvalue weighted by atomic mass is 10.1. The Morgan fingerprint density at radius 2 is 1.76 bits per heavy atom. The summed E-state index contributed by atoms with van der Waals surface area (Å²) in [5, 5.41) is 2.32. The van der Waals surface area contributed by atoms with Gasteiger partial charge in [-0.2, -0.15) is 13.2 Å². The molecule has 1 nitrogen and oxygen atoms in total. The topological polar surface area (TPSA) is 12.0 Å². The van der Waals surface area contributed by atoms with E-state index in [2.05, 4.69) is 5.32 Å². The SMILES string of the molecule is Fc1ccc(CNc2c(Cl)cccc2C(F)(F)F)c(F)c1. The number of halogens is 6. The monoisotopic (exact) mass is 321 g/mol. The van der Waals surface area contributed by atoms with Gasteiger partial charge in [0.25, 0.3) is 0 Å². The molecule has 0 heterocycles. The van der Waals surface area contributed by atoms with Gasteiger partial charge in [-0.05, 0) is 18.2 Å². The van der Waals surface area contributed by atoms with Crippen molar-refractivity contribution in [3.8, 4) is 0 Å². The van der Waals surface area contributed by atoms with Crippen LogP contribution in [0.2, 0.25) is 5.02 Å². The van der Waals surface area contributed by atoms with E-state index in [1.807, 2.05) is 0 Å². The molecule has 21 heavy (non-hydrogen) atoms. The minimum Gasteiger partial charge on any atom is -0.379 e. The van der Waals surface area contributed by atoms with Crippen LogP contribution in [0.25, 0.3) is 0 Å².